The smallest absolute Gasteiger partial charge is 0.336 e. The van der Waals surface area contributed by atoms with E-state index in [2.05, 4.69) is 10.6 Å². The summed E-state index contributed by atoms with van der Waals surface area (Å²) in [6.45, 7) is 0.727. The normalized spacial score (nSPS) is 11.8. The Hall–Kier alpha value is -3.96. The van der Waals surface area contributed by atoms with Crippen LogP contribution in [0.25, 0.3) is 11.0 Å². The Morgan fingerprint density at radius 3 is 2.24 bits per heavy atom. The van der Waals surface area contributed by atoms with Crippen molar-refractivity contribution in [3.05, 3.63) is 105 Å². The molecule has 0 aliphatic heterocycles. The minimum Gasteiger partial charge on any atom is -0.423 e. The van der Waals surface area contributed by atoms with Crippen molar-refractivity contribution in [1.82, 2.24) is 0 Å². The van der Waals surface area contributed by atoms with Crippen molar-refractivity contribution in [2.24, 2.45) is 0 Å². The van der Waals surface area contributed by atoms with Crippen molar-refractivity contribution in [3.8, 4) is 12.3 Å². The zero-order chi connectivity index (χ0) is 24.5. The number of alkyl halides is 2. The second kappa shape index (κ2) is 8.76. The van der Waals surface area contributed by atoms with E-state index in [-0.39, 0.29) is 15.9 Å². The van der Waals surface area contributed by atoms with Gasteiger partial charge in [0.15, 0.2) is 0 Å². The predicted molar refractivity (Wildman–Crippen MR) is 126 cm³/mol. The van der Waals surface area contributed by atoms with Gasteiger partial charge >= 0.3 is 5.63 Å². The van der Waals surface area contributed by atoms with E-state index in [1.54, 1.807) is 48.5 Å². The second-order valence-electron chi connectivity index (χ2n) is 7.85. The number of anilines is 1. The molecule has 0 aliphatic carbocycles. The van der Waals surface area contributed by atoms with Crippen molar-refractivity contribution in [2.45, 2.75) is 24.2 Å². The van der Waals surface area contributed by atoms with Crippen molar-refractivity contribution < 1.29 is 21.6 Å². The highest BCUT2D eigenvalue weighted by Crippen LogP contribution is 2.32. The van der Waals surface area contributed by atoms with E-state index in [9.17, 15) is 22.0 Å². The van der Waals surface area contributed by atoms with E-state index in [0.29, 0.717) is 23.2 Å². The molecule has 3 aromatic carbocycles. The van der Waals surface area contributed by atoms with Gasteiger partial charge in [-0.25, -0.2) is 22.0 Å². The summed E-state index contributed by atoms with van der Waals surface area (Å²) in [4.78, 5) is 11.7. The van der Waals surface area contributed by atoms with Crippen molar-refractivity contribution in [3.63, 3.8) is 0 Å². The fourth-order valence-electron chi connectivity index (χ4n) is 3.55. The molecule has 0 amide bonds. The van der Waals surface area contributed by atoms with Gasteiger partial charge < -0.3 is 4.42 Å². The number of terminal acetylenes is 1. The molecule has 34 heavy (non-hydrogen) atoms. The van der Waals surface area contributed by atoms with Gasteiger partial charge in [0.1, 0.15) is 5.58 Å². The van der Waals surface area contributed by atoms with E-state index in [1.165, 1.54) is 18.2 Å². The van der Waals surface area contributed by atoms with Gasteiger partial charge in [-0.3, -0.25) is 4.72 Å². The third kappa shape index (κ3) is 5.00. The first-order valence-electron chi connectivity index (χ1n) is 10.2. The summed E-state index contributed by atoms with van der Waals surface area (Å²) in [5.41, 5.74) is 1.34. The fourth-order valence-corrected chi connectivity index (χ4v) is 4.61. The summed E-state index contributed by atoms with van der Waals surface area (Å²) in [5.74, 6) is -0.747. The van der Waals surface area contributed by atoms with E-state index >= 15 is 0 Å². The molecule has 1 aromatic heterocycles. The average Bonchev–Trinajstić information content (AvgIpc) is 2.79. The van der Waals surface area contributed by atoms with E-state index < -0.39 is 27.1 Å². The standard InChI is InChI=1S/C26H19F2NO4S/c1-3-17-4-9-20(10-5-17)29-34(31,32)21-11-6-18(7-12-21)14-19-8-13-24-22(15-19)23(26(2,27)28)16-25(30)33-24/h1,4-13,15-16,29H,14H2,2H3. The second-order valence-corrected chi connectivity index (χ2v) is 9.53. The summed E-state index contributed by atoms with van der Waals surface area (Å²) in [6.07, 6.45) is 5.67. The predicted octanol–water partition coefficient (Wildman–Crippen LogP) is 5.28. The van der Waals surface area contributed by atoms with Gasteiger partial charge in [-0.05, 0) is 66.1 Å². The van der Waals surface area contributed by atoms with Crippen LogP contribution in [0.5, 0.6) is 0 Å². The van der Waals surface area contributed by atoms with E-state index in [1.807, 2.05) is 0 Å². The van der Waals surface area contributed by atoms with Crippen molar-refractivity contribution >= 4 is 26.7 Å². The molecule has 8 heteroatoms. The Bertz CT molecular complexity index is 1560. The molecule has 0 spiro atoms. The summed E-state index contributed by atoms with van der Waals surface area (Å²) >= 11 is 0. The topological polar surface area (TPSA) is 76.4 Å². The van der Waals surface area contributed by atoms with Gasteiger partial charge in [0.2, 0.25) is 0 Å². The number of halogens is 2. The molecule has 0 atom stereocenters. The number of hydrogen-bond donors (Lipinski definition) is 1. The minimum atomic E-state index is -3.80. The van der Waals surface area contributed by atoms with Crippen LogP contribution in [0.4, 0.5) is 14.5 Å². The molecule has 1 heterocycles. The monoisotopic (exact) mass is 479 g/mol. The van der Waals surface area contributed by atoms with Gasteiger partial charge in [-0.2, -0.15) is 0 Å². The molecular weight excluding hydrogens is 460 g/mol. The minimum absolute atomic E-state index is 0.0745. The summed E-state index contributed by atoms with van der Waals surface area (Å²) in [6, 6.07) is 18.2. The third-order valence-electron chi connectivity index (χ3n) is 5.23. The van der Waals surface area contributed by atoms with Crippen molar-refractivity contribution in [1.29, 1.82) is 0 Å². The van der Waals surface area contributed by atoms with E-state index in [4.69, 9.17) is 10.8 Å². The Balaban J connectivity index is 1.57. The lowest BCUT2D eigenvalue weighted by atomic mass is 9.99. The molecule has 4 aromatic rings. The lowest BCUT2D eigenvalue weighted by molar-refractivity contribution is 0.0186. The molecule has 0 bridgehead atoms. The molecule has 0 unspecified atom stereocenters. The molecular formula is C26H19F2NO4S. The molecule has 172 valence electrons. The first kappa shape index (κ1) is 23.2. The quantitative estimate of drug-likeness (QED) is 0.302. The van der Waals surface area contributed by atoms with Gasteiger partial charge in [-0.1, -0.05) is 24.1 Å². The first-order chi connectivity index (χ1) is 16.0. The highest BCUT2D eigenvalue weighted by atomic mass is 32.2. The first-order valence-corrected chi connectivity index (χ1v) is 11.7. The fraction of sp³-hybridized carbons (Fsp3) is 0.115. The van der Waals surface area contributed by atoms with Crippen molar-refractivity contribution in [2.75, 3.05) is 4.72 Å². The third-order valence-corrected chi connectivity index (χ3v) is 6.62. The Morgan fingerprint density at radius 1 is 0.971 bits per heavy atom. The van der Waals surface area contributed by atoms with Crippen LogP contribution in [0.2, 0.25) is 0 Å². The summed E-state index contributed by atoms with van der Waals surface area (Å²) in [5, 5.41) is 0.156. The van der Waals surface area contributed by atoms with Gasteiger partial charge in [0.25, 0.3) is 15.9 Å². The summed E-state index contributed by atoms with van der Waals surface area (Å²) in [7, 11) is -3.80. The van der Waals surface area contributed by atoms with Gasteiger partial charge in [0.05, 0.1) is 4.90 Å². The zero-order valence-corrected chi connectivity index (χ0v) is 18.8. The SMILES string of the molecule is C#Cc1ccc(NS(=O)(=O)c2ccc(Cc3ccc4oc(=O)cc(C(C)(F)F)c4c3)cc2)cc1. The number of rotatable bonds is 6. The summed E-state index contributed by atoms with van der Waals surface area (Å²) < 4.78 is 60.9. The maximum absolute atomic E-state index is 14.0. The number of nitrogens with one attached hydrogen (secondary N) is 1. The van der Waals surface area contributed by atoms with Crippen LogP contribution in [0.1, 0.15) is 29.2 Å². The maximum Gasteiger partial charge on any atom is 0.336 e. The van der Waals surface area contributed by atoms with Crippen LogP contribution >= 0.6 is 0 Å². The molecule has 4 rings (SSSR count). The molecule has 0 radical (unpaired) electrons. The Morgan fingerprint density at radius 2 is 1.62 bits per heavy atom. The largest absolute Gasteiger partial charge is 0.423 e. The Kier molecular flexibility index (Phi) is 5.98. The van der Waals surface area contributed by atoms with E-state index in [0.717, 1.165) is 18.6 Å². The molecule has 0 fully saturated rings. The Labute approximate surface area is 195 Å². The van der Waals surface area contributed by atoms with Crippen LogP contribution < -0.4 is 10.3 Å². The molecule has 0 saturated heterocycles. The van der Waals surface area contributed by atoms with Crippen LogP contribution in [-0.4, -0.2) is 8.42 Å². The molecule has 5 nitrogen and oxygen atoms in total. The van der Waals surface area contributed by atoms with Crippen LogP contribution in [0.3, 0.4) is 0 Å². The number of fused-ring (bicyclic) bond motifs is 1. The van der Waals surface area contributed by atoms with Gasteiger partial charge in [0, 0.05) is 35.2 Å². The van der Waals surface area contributed by atoms with Crippen LogP contribution in [-0.2, 0) is 22.4 Å². The number of benzene rings is 3. The lowest BCUT2D eigenvalue weighted by Gasteiger charge is -2.13. The lowest BCUT2D eigenvalue weighted by Crippen LogP contribution is -2.13. The number of hydrogen-bond acceptors (Lipinski definition) is 4. The molecule has 1 N–H and O–H groups in total. The number of sulfonamides is 1. The zero-order valence-electron chi connectivity index (χ0n) is 18.0. The van der Waals surface area contributed by atoms with Crippen LogP contribution in [0.15, 0.2) is 86.9 Å². The molecule has 0 saturated carbocycles. The average molecular weight is 480 g/mol. The van der Waals surface area contributed by atoms with Crippen LogP contribution in [0, 0.1) is 12.3 Å². The molecule has 0 aliphatic rings. The highest BCUT2D eigenvalue weighted by molar-refractivity contribution is 7.92. The highest BCUT2D eigenvalue weighted by Gasteiger charge is 2.28. The van der Waals surface area contributed by atoms with Gasteiger partial charge in [-0.15, -0.1) is 6.42 Å². The maximum atomic E-state index is 14.0.